The second kappa shape index (κ2) is 6.48. The summed E-state index contributed by atoms with van der Waals surface area (Å²) in [6.07, 6.45) is 0. The van der Waals surface area contributed by atoms with Gasteiger partial charge in [0.2, 0.25) is 11.8 Å². The SMILES string of the molecule is COc1cc(OC)nc(Oc2c(C)ccc(Cl)c2C(=O)O)n1. The summed E-state index contributed by atoms with van der Waals surface area (Å²) in [5, 5.41) is 9.35. The van der Waals surface area contributed by atoms with Crippen molar-refractivity contribution in [1.29, 1.82) is 0 Å². The third-order valence-electron chi connectivity index (χ3n) is 2.79. The molecule has 1 aromatic heterocycles. The molecule has 1 N–H and O–H groups in total. The molecule has 0 aliphatic heterocycles. The van der Waals surface area contributed by atoms with Crippen LogP contribution in [-0.2, 0) is 0 Å². The second-order valence-electron chi connectivity index (χ2n) is 4.21. The van der Waals surface area contributed by atoms with E-state index in [2.05, 4.69) is 9.97 Å². The number of hydrogen-bond acceptors (Lipinski definition) is 6. The van der Waals surface area contributed by atoms with Gasteiger partial charge in [-0.15, -0.1) is 0 Å². The number of benzene rings is 1. The van der Waals surface area contributed by atoms with Crippen molar-refractivity contribution in [3.05, 3.63) is 34.3 Å². The van der Waals surface area contributed by atoms with Crippen LogP contribution in [-0.4, -0.2) is 35.3 Å². The third-order valence-corrected chi connectivity index (χ3v) is 3.10. The maximum Gasteiger partial charge on any atom is 0.341 e. The first-order valence-electron chi connectivity index (χ1n) is 6.13. The zero-order chi connectivity index (χ0) is 16.3. The molecule has 22 heavy (non-hydrogen) atoms. The Bertz CT molecular complexity index is 698. The van der Waals surface area contributed by atoms with Crippen molar-refractivity contribution in [2.24, 2.45) is 0 Å². The molecular formula is C14H13ClN2O5. The van der Waals surface area contributed by atoms with Gasteiger partial charge in [-0.05, 0) is 18.6 Å². The van der Waals surface area contributed by atoms with Gasteiger partial charge in [0.05, 0.1) is 25.3 Å². The topological polar surface area (TPSA) is 90.8 Å². The lowest BCUT2D eigenvalue weighted by Crippen LogP contribution is -2.05. The van der Waals surface area contributed by atoms with E-state index in [4.69, 9.17) is 25.8 Å². The maximum atomic E-state index is 11.4. The number of carbonyl (C=O) groups is 1. The minimum atomic E-state index is -1.21. The molecular weight excluding hydrogens is 312 g/mol. The number of carboxylic acid groups (broad SMARTS) is 1. The number of halogens is 1. The van der Waals surface area contributed by atoms with Gasteiger partial charge in [-0.2, -0.15) is 9.97 Å². The van der Waals surface area contributed by atoms with Crippen molar-refractivity contribution in [3.63, 3.8) is 0 Å². The number of methoxy groups -OCH3 is 2. The Kier molecular flexibility index (Phi) is 4.67. The van der Waals surface area contributed by atoms with Crippen molar-refractivity contribution < 1.29 is 24.1 Å². The summed E-state index contributed by atoms with van der Waals surface area (Å²) in [5.41, 5.74) is 0.416. The molecule has 0 aliphatic rings. The molecule has 2 aromatic rings. The van der Waals surface area contributed by atoms with Gasteiger partial charge in [0, 0.05) is 0 Å². The summed E-state index contributed by atoms with van der Waals surface area (Å²) >= 11 is 5.93. The number of aromatic carboxylic acids is 1. The Hall–Kier alpha value is -2.54. The highest BCUT2D eigenvalue weighted by atomic mass is 35.5. The van der Waals surface area contributed by atoms with Crippen LogP contribution >= 0.6 is 11.6 Å². The molecule has 0 fully saturated rings. The Morgan fingerprint density at radius 3 is 2.27 bits per heavy atom. The minimum Gasteiger partial charge on any atom is -0.481 e. The number of aromatic nitrogens is 2. The Labute approximate surface area is 131 Å². The van der Waals surface area contributed by atoms with Crippen LogP contribution in [0.5, 0.6) is 23.5 Å². The predicted octanol–water partition coefficient (Wildman–Crippen LogP) is 2.95. The molecule has 0 atom stereocenters. The zero-order valence-corrected chi connectivity index (χ0v) is 12.8. The van der Waals surface area contributed by atoms with E-state index in [1.807, 2.05) is 0 Å². The molecule has 0 spiro atoms. The van der Waals surface area contributed by atoms with Gasteiger partial charge in [0.1, 0.15) is 11.3 Å². The lowest BCUT2D eigenvalue weighted by atomic mass is 10.1. The number of aryl methyl sites for hydroxylation is 1. The predicted molar refractivity (Wildman–Crippen MR) is 78.4 cm³/mol. The first-order valence-corrected chi connectivity index (χ1v) is 6.51. The van der Waals surface area contributed by atoms with Gasteiger partial charge in [-0.1, -0.05) is 17.7 Å². The van der Waals surface area contributed by atoms with Gasteiger partial charge in [-0.25, -0.2) is 4.79 Å². The smallest absolute Gasteiger partial charge is 0.341 e. The van der Waals surface area contributed by atoms with E-state index in [0.29, 0.717) is 5.56 Å². The first-order chi connectivity index (χ1) is 10.5. The fourth-order valence-electron chi connectivity index (χ4n) is 1.72. The summed E-state index contributed by atoms with van der Waals surface area (Å²) in [6, 6.07) is 4.49. The molecule has 8 heteroatoms. The van der Waals surface area contributed by atoms with Gasteiger partial charge < -0.3 is 19.3 Å². The zero-order valence-electron chi connectivity index (χ0n) is 12.1. The number of hydrogen-bond donors (Lipinski definition) is 1. The molecule has 2 rings (SSSR count). The van der Waals surface area contributed by atoms with E-state index < -0.39 is 5.97 Å². The minimum absolute atomic E-state index is 0.0583. The van der Waals surface area contributed by atoms with Gasteiger partial charge in [-0.3, -0.25) is 0 Å². The lowest BCUT2D eigenvalue weighted by molar-refractivity contribution is 0.0694. The molecule has 0 amide bonds. The van der Waals surface area contributed by atoms with Crippen LogP contribution in [0.3, 0.4) is 0 Å². The summed E-state index contributed by atoms with van der Waals surface area (Å²) in [6.45, 7) is 1.69. The van der Waals surface area contributed by atoms with Crippen LogP contribution in [0.25, 0.3) is 0 Å². The van der Waals surface area contributed by atoms with Gasteiger partial charge in [0.25, 0.3) is 0 Å². The molecule has 7 nitrogen and oxygen atoms in total. The average Bonchev–Trinajstić information content (AvgIpc) is 2.50. The van der Waals surface area contributed by atoms with Crippen molar-refractivity contribution in [2.45, 2.75) is 6.92 Å². The second-order valence-corrected chi connectivity index (χ2v) is 4.62. The highest BCUT2D eigenvalue weighted by Crippen LogP contribution is 2.33. The van der Waals surface area contributed by atoms with Crippen LogP contribution in [0, 0.1) is 6.92 Å². The van der Waals surface area contributed by atoms with E-state index in [-0.39, 0.29) is 34.1 Å². The maximum absolute atomic E-state index is 11.4. The average molecular weight is 325 g/mol. The molecule has 1 heterocycles. The molecule has 1 aromatic carbocycles. The monoisotopic (exact) mass is 324 g/mol. The van der Waals surface area contributed by atoms with Crippen LogP contribution in [0.2, 0.25) is 5.02 Å². The summed E-state index contributed by atoms with van der Waals surface area (Å²) in [5.74, 6) is -0.703. The Morgan fingerprint density at radius 1 is 1.18 bits per heavy atom. The summed E-state index contributed by atoms with van der Waals surface area (Å²) in [7, 11) is 2.86. The van der Waals surface area contributed by atoms with Crippen LogP contribution in [0.4, 0.5) is 0 Å². The number of carboxylic acids is 1. The van der Waals surface area contributed by atoms with Crippen LogP contribution < -0.4 is 14.2 Å². The van der Waals surface area contributed by atoms with E-state index in [0.717, 1.165) is 0 Å². The van der Waals surface area contributed by atoms with E-state index in [1.165, 1.54) is 26.4 Å². The summed E-state index contributed by atoms with van der Waals surface area (Å²) < 4.78 is 15.5. The van der Waals surface area contributed by atoms with E-state index in [1.54, 1.807) is 13.0 Å². The number of ether oxygens (including phenoxy) is 3. The van der Waals surface area contributed by atoms with Crippen LogP contribution in [0.15, 0.2) is 18.2 Å². The van der Waals surface area contributed by atoms with Gasteiger partial charge in [0.15, 0.2) is 0 Å². The lowest BCUT2D eigenvalue weighted by Gasteiger charge is -2.12. The molecule has 0 radical (unpaired) electrons. The molecule has 0 saturated carbocycles. The summed E-state index contributed by atoms with van der Waals surface area (Å²) in [4.78, 5) is 19.4. The van der Waals surface area contributed by atoms with Crippen molar-refractivity contribution in [3.8, 4) is 23.5 Å². The highest BCUT2D eigenvalue weighted by molar-refractivity contribution is 6.34. The fraction of sp³-hybridized carbons (Fsp3) is 0.214. The molecule has 0 bridgehead atoms. The van der Waals surface area contributed by atoms with Gasteiger partial charge >= 0.3 is 12.0 Å². The van der Waals surface area contributed by atoms with Crippen molar-refractivity contribution in [1.82, 2.24) is 9.97 Å². The normalized spacial score (nSPS) is 10.2. The molecule has 0 unspecified atom stereocenters. The van der Waals surface area contributed by atoms with Crippen molar-refractivity contribution >= 4 is 17.6 Å². The third kappa shape index (κ3) is 3.20. The van der Waals surface area contributed by atoms with Crippen molar-refractivity contribution in [2.75, 3.05) is 14.2 Å². The Morgan fingerprint density at radius 2 is 1.77 bits per heavy atom. The van der Waals surface area contributed by atoms with E-state index >= 15 is 0 Å². The molecule has 116 valence electrons. The highest BCUT2D eigenvalue weighted by Gasteiger charge is 2.20. The van der Waals surface area contributed by atoms with E-state index in [9.17, 15) is 9.90 Å². The molecule has 0 aliphatic carbocycles. The largest absolute Gasteiger partial charge is 0.481 e. The fourth-order valence-corrected chi connectivity index (χ4v) is 1.95. The Balaban J connectivity index is 2.51. The number of rotatable bonds is 5. The first kappa shape index (κ1) is 15.8. The number of nitrogens with zero attached hydrogens (tertiary/aromatic N) is 2. The molecule has 0 saturated heterocycles. The standard InChI is InChI=1S/C14H13ClN2O5/c1-7-4-5-8(15)11(13(18)19)12(7)22-14-16-9(20-2)6-10(17-14)21-3/h4-6H,1-3H3,(H,18,19). The quantitative estimate of drug-likeness (QED) is 0.904. The van der Waals surface area contributed by atoms with Crippen LogP contribution in [0.1, 0.15) is 15.9 Å².